The third kappa shape index (κ3) is 2.50. The zero-order valence-corrected chi connectivity index (χ0v) is 8.64. The Balaban J connectivity index is 2.24. The minimum absolute atomic E-state index is 0.174. The molecular formula is C7H12N2O2Se. The number of imide groups is 1. The van der Waals surface area contributed by atoms with Gasteiger partial charge >= 0.3 is 77.1 Å². The molecule has 1 fully saturated rings. The van der Waals surface area contributed by atoms with E-state index < -0.39 is 0 Å². The normalized spacial score (nSPS) is 22.2. The molecule has 5 heteroatoms. The van der Waals surface area contributed by atoms with Gasteiger partial charge in [0.15, 0.2) is 0 Å². The molecule has 1 heterocycles. The molecule has 0 saturated carbocycles. The van der Waals surface area contributed by atoms with Gasteiger partial charge in [0, 0.05) is 0 Å². The van der Waals surface area contributed by atoms with Gasteiger partial charge in [0.05, 0.1) is 0 Å². The molecule has 3 amide bonds. The van der Waals surface area contributed by atoms with E-state index >= 15 is 0 Å². The first-order valence-corrected chi connectivity index (χ1v) is 6.35. The Morgan fingerprint density at radius 3 is 2.75 bits per heavy atom. The molecule has 4 nitrogen and oxygen atoms in total. The van der Waals surface area contributed by atoms with E-state index in [0.29, 0.717) is 15.0 Å². The van der Waals surface area contributed by atoms with Crippen LogP contribution >= 0.6 is 0 Å². The molecule has 1 saturated heterocycles. The van der Waals surface area contributed by atoms with Crippen molar-refractivity contribution in [1.82, 2.24) is 10.6 Å². The predicted molar refractivity (Wildman–Crippen MR) is 46.1 cm³/mol. The van der Waals surface area contributed by atoms with Crippen molar-refractivity contribution in [3.63, 3.8) is 0 Å². The number of carbonyl (C=O) groups is 2. The van der Waals surface area contributed by atoms with Crippen molar-refractivity contribution in [1.29, 1.82) is 0 Å². The Bertz CT molecular complexity index is 196. The van der Waals surface area contributed by atoms with Crippen molar-refractivity contribution in [2.45, 2.75) is 30.0 Å². The van der Waals surface area contributed by atoms with Crippen LogP contribution in [0.25, 0.3) is 0 Å². The standard InChI is InChI=1S/C7H12N2O2Se/c1-2-12-4-3-5-6(10)9-7(11)8-5/h5H,2-4H2,1H3,(H2,8,9,10,11). The molecule has 0 radical (unpaired) electrons. The number of amides is 3. The van der Waals surface area contributed by atoms with Gasteiger partial charge in [0.1, 0.15) is 0 Å². The Morgan fingerprint density at radius 2 is 2.25 bits per heavy atom. The van der Waals surface area contributed by atoms with Crippen LogP contribution in [0.4, 0.5) is 4.79 Å². The van der Waals surface area contributed by atoms with Gasteiger partial charge in [0.2, 0.25) is 0 Å². The van der Waals surface area contributed by atoms with Crippen molar-refractivity contribution in [2.24, 2.45) is 0 Å². The summed E-state index contributed by atoms with van der Waals surface area (Å²) in [7, 11) is 0. The Labute approximate surface area is 77.6 Å². The number of hydrogen-bond donors (Lipinski definition) is 2. The SMILES string of the molecule is CC[Se]CCC1NC(=O)NC1=O. The molecule has 1 atom stereocenters. The van der Waals surface area contributed by atoms with E-state index in [2.05, 4.69) is 17.6 Å². The molecule has 0 bridgehead atoms. The third-order valence-corrected chi connectivity index (χ3v) is 3.57. The molecule has 1 aliphatic rings. The zero-order chi connectivity index (χ0) is 8.97. The molecule has 1 aliphatic heterocycles. The molecule has 12 heavy (non-hydrogen) atoms. The summed E-state index contributed by atoms with van der Waals surface area (Å²) in [6.07, 6.45) is 0.783. The molecule has 0 aromatic heterocycles. The van der Waals surface area contributed by atoms with Gasteiger partial charge in [-0.3, -0.25) is 0 Å². The van der Waals surface area contributed by atoms with Crippen LogP contribution in [0.3, 0.4) is 0 Å². The number of rotatable bonds is 4. The monoisotopic (exact) mass is 236 g/mol. The average molecular weight is 235 g/mol. The maximum absolute atomic E-state index is 11.0. The van der Waals surface area contributed by atoms with Gasteiger partial charge in [0.25, 0.3) is 0 Å². The van der Waals surface area contributed by atoms with Crippen molar-refractivity contribution in [3.05, 3.63) is 0 Å². The molecule has 1 unspecified atom stereocenters. The minimum atomic E-state index is -0.353. The van der Waals surface area contributed by atoms with Crippen molar-refractivity contribution in [3.8, 4) is 0 Å². The van der Waals surface area contributed by atoms with Crippen LogP contribution < -0.4 is 10.6 Å². The van der Waals surface area contributed by atoms with Crippen LogP contribution in [-0.2, 0) is 4.79 Å². The molecule has 0 aromatic rings. The third-order valence-electron chi connectivity index (χ3n) is 1.61. The summed E-state index contributed by atoms with van der Waals surface area (Å²) in [5.41, 5.74) is 0. The van der Waals surface area contributed by atoms with Crippen molar-refractivity contribution >= 4 is 26.9 Å². The second kappa shape index (κ2) is 4.48. The summed E-state index contributed by atoms with van der Waals surface area (Å²) >= 11 is 0.619. The van der Waals surface area contributed by atoms with Gasteiger partial charge in [-0.1, -0.05) is 0 Å². The topological polar surface area (TPSA) is 58.2 Å². The van der Waals surface area contributed by atoms with Gasteiger partial charge in [-0.05, 0) is 0 Å². The van der Waals surface area contributed by atoms with Crippen LogP contribution in [0.2, 0.25) is 10.6 Å². The van der Waals surface area contributed by atoms with E-state index in [9.17, 15) is 9.59 Å². The Hall–Kier alpha value is -0.541. The molecule has 0 aromatic carbocycles. The summed E-state index contributed by atoms with van der Waals surface area (Å²) in [5.74, 6) is -0.174. The Morgan fingerprint density at radius 1 is 1.50 bits per heavy atom. The molecule has 0 spiro atoms. The van der Waals surface area contributed by atoms with E-state index in [1.807, 2.05) is 0 Å². The second-order valence-electron chi connectivity index (χ2n) is 2.50. The molecule has 68 valence electrons. The summed E-state index contributed by atoms with van der Waals surface area (Å²) in [4.78, 5) is 21.7. The summed E-state index contributed by atoms with van der Waals surface area (Å²) in [5, 5.41) is 7.03. The molecule has 0 aliphatic carbocycles. The van der Waals surface area contributed by atoms with E-state index in [1.54, 1.807) is 0 Å². The molecule has 2 N–H and O–H groups in total. The van der Waals surface area contributed by atoms with Gasteiger partial charge in [-0.2, -0.15) is 0 Å². The zero-order valence-electron chi connectivity index (χ0n) is 6.92. The van der Waals surface area contributed by atoms with Gasteiger partial charge in [-0.25, -0.2) is 0 Å². The number of hydrogen-bond acceptors (Lipinski definition) is 2. The van der Waals surface area contributed by atoms with Crippen LogP contribution in [0.5, 0.6) is 0 Å². The number of urea groups is 1. The van der Waals surface area contributed by atoms with Crippen LogP contribution in [0.1, 0.15) is 13.3 Å². The van der Waals surface area contributed by atoms with E-state index in [1.165, 1.54) is 5.32 Å². The van der Waals surface area contributed by atoms with E-state index in [0.717, 1.165) is 11.7 Å². The number of nitrogens with one attached hydrogen (secondary N) is 2. The summed E-state index contributed by atoms with van der Waals surface area (Å²) in [6.45, 7) is 2.13. The van der Waals surface area contributed by atoms with Crippen LogP contribution in [0.15, 0.2) is 0 Å². The van der Waals surface area contributed by atoms with Crippen LogP contribution in [-0.4, -0.2) is 32.9 Å². The van der Waals surface area contributed by atoms with Gasteiger partial charge in [-0.15, -0.1) is 0 Å². The number of carbonyl (C=O) groups excluding carboxylic acids is 2. The fraction of sp³-hybridized carbons (Fsp3) is 0.714. The van der Waals surface area contributed by atoms with E-state index in [4.69, 9.17) is 0 Å². The first-order valence-electron chi connectivity index (χ1n) is 3.93. The maximum atomic E-state index is 11.0. The van der Waals surface area contributed by atoms with Crippen molar-refractivity contribution in [2.75, 3.05) is 0 Å². The second-order valence-corrected chi connectivity index (χ2v) is 5.43. The molecule has 1 rings (SSSR count). The fourth-order valence-corrected chi connectivity index (χ4v) is 2.46. The summed E-state index contributed by atoms with van der Waals surface area (Å²) in [6, 6.07) is -0.625. The quantitative estimate of drug-likeness (QED) is 0.414. The first kappa shape index (κ1) is 9.55. The van der Waals surface area contributed by atoms with Crippen LogP contribution in [0, 0.1) is 0 Å². The average Bonchev–Trinajstić information content (AvgIpc) is 2.31. The van der Waals surface area contributed by atoms with Crippen molar-refractivity contribution < 1.29 is 9.59 Å². The fourth-order valence-electron chi connectivity index (χ4n) is 1.01. The molecular weight excluding hydrogens is 223 g/mol. The first-order chi connectivity index (χ1) is 5.74. The van der Waals surface area contributed by atoms with Gasteiger partial charge < -0.3 is 0 Å². The Kier molecular flexibility index (Phi) is 3.56. The predicted octanol–water partition coefficient (Wildman–Crippen LogP) is 0.145. The summed E-state index contributed by atoms with van der Waals surface area (Å²) < 4.78 is 0. The van der Waals surface area contributed by atoms with E-state index in [-0.39, 0.29) is 18.0 Å².